The second kappa shape index (κ2) is 10.2. The first-order valence-corrected chi connectivity index (χ1v) is 12.3. The lowest BCUT2D eigenvalue weighted by Crippen LogP contribution is -2.35. The molecule has 3 heterocycles. The molecule has 0 aliphatic carbocycles. The fourth-order valence-corrected chi connectivity index (χ4v) is 5.42. The molecule has 0 radical (unpaired) electrons. The van der Waals surface area contributed by atoms with Crippen molar-refractivity contribution in [3.05, 3.63) is 95.1 Å². The molecular weight excluding hydrogens is 444 g/mol. The third kappa shape index (κ3) is 5.05. The summed E-state index contributed by atoms with van der Waals surface area (Å²) in [5.74, 6) is 0.0255. The first-order chi connectivity index (χ1) is 16.7. The van der Waals surface area contributed by atoms with E-state index in [1.54, 1.807) is 16.2 Å². The smallest absolute Gasteiger partial charge is 0.264 e. The molecule has 0 N–H and O–H groups in total. The van der Waals surface area contributed by atoms with Crippen LogP contribution in [0.3, 0.4) is 0 Å². The summed E-state index contributed by atoms with van der Waals surface area (Å²) in [4.78, 5) is 18.2. The summed E-state index contributed by atoms with van der Waals surface area (Å²) < 4.78 is 7.46. The molecule has 174 valence electrons. The zero-order valence-electron chi connectivity index (χ0n) is 19.3. The molecule has 2 aromatic heterocycles. The third-order valence-electron chi connectivity index (χ3n) is 5.95. The summed E-state index contributed by atoms with van der Waals surface area (Å²) in [6, 6.07) is 22.6. The van der Waals surface area contributed by atoms with E-state index in [1.807, 2.05) is 66.6 Å². The number of carbonyl (C=O) groups excluding carboxylic acids is 1. The maximum absolute atomic E-state index is 13.4. The van der Waals surface area contributed by atoms with Gasteiger partial charge in [-0.2, -0.15) is 5.10 Å². The molecule has 1 aliphatic heterocycles. The van der Waals surface area contributed by atoms with Gasteiger partial charge in [-0.15, -0.1) is 11.3 Å². The van der Waals surface area contributed by atoms with Crippen molar-refractivity contribution in [3.8, 4) is 11.1 Å². The van der Waals surface area contributed by atoms with Gasteiger partial charge in [0.1, 0.15) is 0 Å². The fourth-order valence-electron chi connectivity index (χ4n) is 4.19. The molecule has 0 atom stereocenters. The quantitative estimate of drug-likeness (QED) is 0.389. The maximum Gasteiger partial charge on any atom is 0.264 e. The molecule has 2 aromatic carbocycles. The number of amides is 1. The number of anilines is 1. The van der Waals surface area contributed by atoms with Gasteiger partial charge in [-0.1, -0.05) is 60.7 Å². The van der Waals surface area contributed by atoms with Crippen molar-refractivity contribution >= 4 is 22.2 Å². The van der Waals surface area contributed by atoms with E-state index in [9.17, 15) is 4.79 Å². The van der Waals surface area contributed by atoms with Gasteiger partial charge in [-0.25, -0.2) is 0 Å². The van der Waals surface area contributed by atoms with Crippen molar-refractivity contribution in [1.29, 1.82) is 0 Å². The summed E-state index contributed by atoms with van der Waals surface area (Å²) in [5, 5.41) is 5.62. The van der Waals surface area contributed by atoms with Gasteiger partial charge in [0.15, 0.2) is 0 Å². The van der Waals surface area contributed by atoms with E-state index < -0.39 is 0 Å². The van der Waals surface area contributed by atoms with Gasteiger partial charge < -0.3 is 14.5 Å². The third-order valence-corrected chi connectivity index (χ3v) is 7.13. The molecule has 1 aliphatic rings. The number of nitrogens with zero attached hydrogens (tertiary/aromatic N) is 4. The van der Waals surface area contributed by atoms with Crippen LogP contribution in [0.2, 0.25) is 0 Å². The number of carbonyl (C=O) groups is 1. The van der Waals surface area contributed by atoms with Crippen LogP contribution in [-0.4, -0.2) is 53.9 Å². The maximum atomic E-state index is 13.4. The van der Waals surface area contributed by atoms with Gasteiger partial charge in [0, 0.05) is 44.0 Å². The largest absolute Gasteiger partial charge is 0.378 e. The minimum Gasteiger partial charge on any atom is -0.378 e. The van der Waals surface area contributed by atoms with Crippen LogP contribution in [0.1, 0.15) is 20.8 Å². The zero-order valence-corrected chi connectivity index (χ0v) is 20.1. The Morgan fingerprint density at radius 2 is 1.74 bits per heavy atom. The molecule has 4 aromatic rings. The van der Waals surface area contributed by atoms with Crippen molar-refractivity contribution in [2.24, 2.45) is 0 Å². The molecule has 0 bridgehead atoms. The molecule has 0 spiro atoms. The second-order valence-electron chi connectivity index (χ2n) is 8.49. The van der Waals surface area contributed by atoms with Crippen LogP contribution in [0.25, 0.3) is 11.1 Å². The Bertz CT molecular complexity index is 1230. The lowest BCUT2D eigenvalue weighted by molar-refractivity contribution is 0.0790. The summed E-state index contributed by atoms with van der Waals surface area (Å²) in [6.07, 6.45) is 3.86. The number of thiophene rings is 1. The number of ether oxygens (including phenoxy) is 1. The number of aromatic nitrogens is 2. The van der Waals surface area contributed by atoms with Gasteiger partial charge in [0.05, 0.1) is 35.8 Å². The van der Waals surface area contributed by atoms with Crippen molar-refractivity contribution in [2.45, 2.75) is 13.1 Å². The lowest BCUT2D eigenvalue weighted by Gasteiger charge is -2.28. The first-order valence-electron chi connectivity index (χ1n) is 11.5. The van der Waals surface area contributed by atoms with Crippen molar-refractivity contribution in [2.75, 3.05) is 38.3 Å². The molecule has 5 rings (SSSR count). The SMILES string of the molecule is CN(Cc1cnn(Cc2ccccc2)c1)C(=O)c1cc(-c2ccccc2)c(N2CCOCC2)s1. The van der Waals surface area contributed by atoms with E-state index in [0.29, 0.717) is 26.3 Å². The van der Waals surface area contributed by atoms with E-state index in [-0.39, 0.29) is 5.91 Å². The van der Waals surface area contributed by atoms with Crippen LogP contribution < -0.4 is 4.90 Å². The molecule has 34 heavy (non-hydrogen) atoms. The average molecular weight is 473 g/mol. The highest BCUT2D eigenvalue weighted by Crippen LogP contribution is 2.39. The van der Waals surface area contributed by atoms with Crippen molar-refractivity contribution < 1.29 is 9.53 Å². The molecule has 0 saturated carbocycles. The molecule has 6 nitrogen and oxygen atoms in total. The topological polar surface area (TPSA) is 50.6 Å². The van der Waals surface area contributed by atoms with E-state index >= 15 is 0 Å². The van der Waals surface area contributed by atoms with Crippen LogP contribution in [0.15, 0.2) is 79.1 Å². The lowest BCUT2D eigenvalue weighted by atomic mass is 10.1. The number of benzene rings is 2. The normalized spacial score (nSPS) is 13.7. The molecule has 1 amide bonds. The van der Waals surface area contributed by atoms with Gasteiger partial charge in [0.2, 0.25) is 0 Å². The summed E-state index contributed by atoms with van der Waals surface area (Å²) in [6.45, 7) is 4.32. The van der Waals surface area contributed by atoms with Crippen molar-refractivity contribution in [1.82, 2.24) is 14.7 Å². The molecule has 0 unspecified atom stereocenters. The highest BCUT2D eigenvalue weighted by molar-refractivity contribution is 7.18. The summed E-state index contributed by atoms with van der Waals surface area (Å²) in [7, 11) is 1.85. The van der Waals surface area contributed by atoms with E-state index in [4.69, 9.17) is 4.74 Å². The van der Waals surface area contributed by atoms with Crippen LogP contribution in [0.4, 0.5) is 5.00 Å². The summed E-state index contributed by atoms with van der Waals surface area (Å²) in [5.41, 5.74) is 4.45. The Labute approximate surface area is 204 Å². The predicted octanol–water partition coefficient (Wildman–Crippen LogP) is 4.77. The van der Waals surface area contributed by atoms with Gasteiger partial charge in [0.25, 0.3) is 5.91 Å². The van der Waals surface area contributed by atoms with E-state index in [2.05, 4.69) is 34.3 Å². The average Bonchev–Trinajstić information content (AvgIpc) is 3.52. The summed E-state index contributed by atoms with van der Waals surface area (Å²) >= 11 is 1.57. The fraction of sp³-hybridized carbons (Fsp3) is 0.259. The minimum absolute atomic E-state index is 0.0255. The van der Waals surface area contributed by atoms with Gasteiger partial charge in [-0.05, 0) is 17.2 Å². The van der Waals surface area contributed by atoms with Gasteiger partial charge >= 0.3 is 0 Å². The molecule has 7 heteroatoms. The second-order valence-corrected chi connectivity index (χ2v) is 9.52. The van der Waals surface area contributed by atoms with Crippen LogP contribution in [-0.2, 0) is 17.8 Å². The highest BCUT2D eigenvalue weighted by atomic mass is 32.1. The Morgan fingerprint density at radius 3 is 2.47 bits per heavy atom. The minimum atomic E-state index is 0.0255. The highest BCUT2D eigenvalue weighted by Gasteiger charge is 2.23. The molecule has 1 saturated heterocycles. The van der Waals surface area contributed by atoms with Crippen LogP contribution in [0, 0.1) is 0 Å². The monoisotopic (exact) mass is 472 g/mol. The zero-order chi connectivity index (χ0) is 23.3. The first kappa shape index (κ1) is 22.4. The Balaban J connectivity index is 1.33. The van der Waals surface area contributed by atoms with Crippen molar-refractivity contribution in [3.63, 3.8) is 0 Å². The van der Waals surface area contributed by atoms with E-state index in [1.165, 1.54) is 5.56 Å². The van der Waals surface area contributed by atoms with Gasteiger partial charge in [-0.3, -0.25) is 9.48 Å². The Kier molecular flexibility index (Phi) is 6.74. The molecular formula is C27H28N4O2S. The van der Waals surface area contributed by atoms with Crippen LogP contribution >= 0.6 is 11.3 Å². The Hall–Kier alpha value is -3.42. The number of morpholine rings is 1. The van der Waals surface area contributed by atoms with Crippen LogP contribution in [0.5, 0.6) is 0 Å². The standard InChI is InChI=1S/C27H28N4O2S/c1-29(18-22-17-28-31(20-22)19-21-8-4-2-5-9-21)26(32)25-16-24(23-10-6-3-7-11-23)27(34-25)30-12-14-33-15-13-30/h2-11,16-17,20H,12-15,18-19H2,1H3. The predicted molar refractivity (Wildman–Crippen MR) is 136 cm³/mol. The molecule has 1 fully saturated rings. The van der Waals surface area contributed by atoms with E-state index in [0.717, 1.165) is 39.7 Å². The number of rotatable bonds is 7. The number of hydrogen-bond acceptors (Lipinski definition) is 5. The Morgan fingerprint density at radius 1 is 1.03 bits per heavy atom. The number of hydrogen-bond donors (Lipinski definition) is 0.